The molecule has 0 spiro atoms. The Bertz CT molecular complexity index is 1580. The van der Waals surface area contributed by atoms with Crippen LogP contribution in [0, 0.1) is 12.7 Å². The molecule has 5 rings (SSSR count). The molecule has 12 heteroatoms. The van der Waals surface area contributed by atoms with Crippen molar-refractivity contribution < 1.29 is 41.1 Å². The lowest BCUT2D eigenvalue weighted by atomic mass is 9.92. The van der Waals surface area contributed by atoms with E-state index in [1.165, 1.54) is 6.07 Å². The van der Waals surface area contributed by atoms with E-state index < -0.39 is 29.5 Å². The first-order valence-electron chi connectivity index (χ1n) is 12.6. The van der Waals surface area contributed by atoms with Crippen LogP contribution in [0.5, 0.6) is 0 Å². The van der Waals surface area contributed by atoms with E-state index in [9.17, 15) is 27.2 Å². The van der Waals surface area contributed by atoms with Crippen LogP contribution < -0.4 is 0 Å². The van der Waals surface area contributed by atoms with Gasteiger partial charge in [0.25, 0.3) is 5.89 Å². The molecule has 0 unspecified atom stereocenters. The molecule has 1 fully saturated rings. The van der Waals surface area contributed by atoms with Crippen LogP contribution in [0.2, 0.25) is 0 Å². The Hall–Kier alpha value is -4.42. The predicted octanol–water partition coefficient (Wildman–Crippen LogP) is 5.60. The number of halogens is 4. The average molecular weight is 570 g/mol. The van der Waals surface area contributed by atoms with E-state index in [0.29, 0.717) is 25.3 Å². The standard InChI is InChI=1S/C29H23F4N3O5/c1-17-20(9-10-21(18-5-3-2-4-6-18)23(17)16-36-11-13-39-14-12-36)26-34-25(35-41-26)19-7-8-22(24(30)15-19)27(37)40-28(38)29(31,32)33/h2-10,15H,11-14,16H2,1H3. The van der Waals surface area contributed by atoms with Crippen molar-refractivity contribution in [2.45, 2.75) is 19.6 Å². The molecule has 1 aromatic heterocycles. The van der Waals surface area contributed by atoms with Crippen LogP contribution in [0.1, 0.15) is 21.5 Å². The number of alkyl halides is 3. The summed E-state index contributed by atoms with van der Waals surface area (Å²) in [5.41, 5.74) is 4.05. The van der Waals surface area contributed by atoms with Gasteiger partial charge in [-0.1, -0.05) is 41.6 Å². The third-order valence-corrected chi connectivity index (χ3v) is 6.69. The first kappa shape index (κ1) is 28.1. The highest BCUT2D eigenvalue weighted by Gasteiger charge is 2.42. The Morgan fingerprint density at radius 1 is 0.976 bits per heavy atom. The normalized spacial score (nSPS) is 14.2. The van der Waals surface area contributed by atoms with Gasteiger partial charge in [0.2, 0.25) is 5.82 Å². The summed E-state index contributed by atoms with van der Waals surface area (Å²) in [6.45, 7) is 5.53. The largest absolute Gasteiger partial charge is 0.491 e. The Labute approximate surface area is 231 Å². The summed E-state index contributed by atoms with van der Waals surface area (Å²) in [6.07, 6.45) is -5.40. The second-order valence-electron chi connectivity index (χ2n) is 9.31. The number of carbonyl (C=O) groups excluding carboxylic acids is 2. The number of esters is 2. The van der Waals surface area contributed by atoms with Gasteiger partial charge in [-0.25, -0.2) is 14.0 Å². The fourth-order valence-electron chi connectivity index (χ4n) is 4.53. The van der Waals surface area contributed by atoms with Crippen LogP contribution in [0.15, 0.2) is 65.2 Å². The molecule has 2 heterocycles. The van der Waals surface area contributed by atoms with Crippen LogP contribution >= 0.6 is 0 Å². The van der Waals surface area contributed by atoms with Crippen LogP contribution in [0.4, 0.5) is 17.6 Å². The minimum atomic E-state index is -5.40. The Balaban J connectivity index is 1.44. The molecule has 4 aromatic rings. The van der Waals surface area contributed by atoms with E-state index in [-0.39, 0.29) is 17.3 Å². The zero-order chi connectivity index (χ0) is 29.1. The van der Waals surface area contributed by atoms with Gasteiger partial charge in [-0.2, -0.15) is 18.2 Å². The van der Waals surface area contributed by atoms with Crippen molar-refractivity contribution in [3.8, 4) is 34.0 Å². The lowest BCUT2D eigenvalue weighted by Gasteiger charge is -2.28. The number of carbonyl (C=O) groups is 2. The summed E-state index contributed by atoms with van der Waals surface area (Å²) in [4.78, 5) is 29.5. The van der Waals surface area contributed by atoms with Crippen LogP contribution in [-0.2, 0) is 20.8 Å². The fraction of sp³-hybridized carbons (Fsp3) is 0.241. The summed E-state index contributed by atoms with van der Waals surface area (Å²) in [7, 11) is 0. The number of rotatable bonds is 6. The highest BCUT2D eigenvalue weighted by molar-refractivity contribution is 5.98. The lowest BCUT2D eigenvalue weighted by Crippen LogP contribution is -2.36. The van der Waals surface area contributed by atoms with E-state index >= 15 is 0 Å². The number of benzene rings is 3. The van der Waals surface area contributed by atoms with Crippen molar-refractivity contribution in [2.24, 2.45) is 0 Å². The second-order valence-corrected chi connectivity index (χ2v) is 9.31. The van der Waals surface area contributed by atoms with Crippen molar-refractivity contribution in [3.63, 3.8) is 0 Å². The van der Waals surface area contributed by atoms with E-state index in [1.54, 1.807) is 0 Å². The van der Waals surface area contributed by atoms with Crippen LogP contribution in [0.3, 0.4) is 0 Å². The SMILES string of the molecule is Cc1c(-c2nc(-c3ccc(C(=O)OC(=O)C(F)(F)F)c(F)c3)no2)ccc(-c2ccccc2)c1CN1CCOCC1. The number of nitrogens with zero attached hydrogens (tertiary/aromatic N) is 3. The number of morpholine rings is 1. The number of aromatic nitrogens is 2. The maximum atomic E-state index is 14.6. The van der Waals surface area contributed by atoms with Gasteiger partial charge in [0.15, 0.2) is 0 Å². The first-order valence-corrected chi connectivity index (χ1v) is 12.6. The van der Waals surface area contributed by atoms with Crippen molar-refractivity contribution in [1.82, 2.24) is 15.0 Å². The van der Waals surface area contributed by atoms with Gasteiger partial charge in [0, 0.05) is 30.8 Å². The highest BCUT2D eigenvalue weighted by atomic mass is 19.4. The van der Waals surface area contributed by atoms with Gasteiger partial charge in [0.1, 0.15) is 5.82 Å². The summed E-state index contributed by atoms with van der Waals surface area (Å²) >= 11 is 0. The minimum absolute atomic E-state index is 0.00792. The average Bonchev–Trinajstić information content (AvgIpc) is 3.44. The van der Waals surface area contributed by atoms with Gasteiger partial charge >= 0.3 is 18.1 Å². The molecule has 41 heavy (non-hydrogen) atoms. The smallest absolute Gasteiger partial charge is 0.383 e. The molecule has 0 aliphatic carbocycles. The minimum Gasteiger partial charge on any atom is -0.383 e. The molecule has 0 atom stereocenters. The molecule has 212 valence electrons. The van der Waals surface area contributed by atoms with E-state index in [4.69, 9.17) is 9.26 Å². The quantitative estimate of drug-likeness (QED) is 0.168. The summed E-state index contributed by atoms with van der Waals surface area (Å²) < 4.78 is 66.5. The zero-order valence-corrected chi connectivity index (χ0v) is 21.7. The summed E-state index contributed by atoms with van der Waals surface area (Å²) in [6, 6.07) is 16.8. The van der Waals surface area contributed by atoms with Crippen LogP contribution in [-0.4, -0.2) is 59.5 Å². The molecule has 1 aliphatic rings. The third-order valence-electron chi connectivity index (χ3n) is 6.69. The summed E-state index contributed by atoms with van der Waals surface area (Å²) in [5.74, 6) is -5.56. The van der Waals surface area contributed by atoms with Crippen LogP contribution in [0.25, 0.3) is 34.0 Å². The maximum absolute atomic E-state index is 14.6. The Kier molecular flexibility index (Phi) is 7.95. The molecule has 1 saturated heterocycles. The second kappa shape index (κ2) is 11.6. The first-order chi connectivity index (χ1) is 19.6. The molecule has 3 aromatic carbocycles. The highest BCUT2D eigenvalue weighted by Crippen LogP contribution is 2.34. The monoisotopic (exact) mass is 569 g/mol. The molecule has 0 amide bonds. The molecule has 0 radical (unpaired) electrons. The topological polar surface area (TPSA) is 94.8 Å². The van der Waals surface area contributed by atoms with Gasteiger partial charge in [-0.05, 0) is 53.4 Å². The molecule has 1 aliphatic heterocycles. The van der Waals surface area contributed by atoms with Crippen molar-refractivity contribution >= 4 is 11.9 Å². The molecular formula is C29H23F4N3O5. The van der Waals surface area contributed by atoms with Gasteiger partial charge in [0.05, 0.1) is 18.8 Å². The molecule has 8 nitrogen and oxygen atoms in total. The summed E-state index contributed by atoms with van der Waals surface area (Å²) in [5, 5.41) is 3.93. The Morgan fingerprint density at radius 2 is 1.68 bits per heavy atom. The third kappa shape index (κ3) is 6.18. The van der Waals surface area contributed by atoms with Gasteiger partial charge < -0.3 is 14.0 Å². The van der Waals surface area contributed by atoms with Crippen molar-refractivity contribution in [2.75, 3.05) is 26.3 Å². The number of ether oxygens (including phenoxy) is 2. The van der Waals surface area contributed by atoms with Crippen molar-refractivity contribution in [3.05, 3.63) is 83.2 Å². The molecule has 0 N–H and O–H groups in total. The van der Waals surface area contributed by atoms with Crippen molar-refractivity contribution in [1.29, 1.82) is 0 Å². The fourth-order valence-corrected chi connectivity index (χ4v) is 4.53. The van der Waals surface area contributed by atoms with E-state index in [1.807, 2.05) is 49.4 Å². The van der Waals surface area contributed by atoms with E-state index in [2.05, 4.69) is 19.8 Å². The van der Waals surface area contributed by atoms with E-state index in [0.717, 1.165) is 47.5 Å². The van der Waals surface area contributed by atoms with Gasteiger partial charge in [-0.3, -0.25) is 4.90 Å². The van der Waals surface area contributed by atoms with Gasteiger partial charge in [-0.15, -0.1) is 0 Å². The maximum Gasteiger partial charge on any atom is 0.491 e. The predicted molar refractivity (Wildman–Crippen MR) is 138 cm³/mol. The lowest BCUT2D eigenvalue weighted by molar-refractivity contribution is -0.193. The number of hydrogen-bond acceptors (Lipinski definition) is 8. The number of hydrogen-bond donors (Lipinski definition) is 0. The molecular weight excluding hydrogens is 546 g/mol. The molecule has 0 bridgehead atoms. The molecule has 0 saturated carbocycles. The zero-order valence-electron chi connectivity index (χ0n) is 21.7. The Morgan fingerprint density at radius 3 is 2.37 bits per heavy atom.